The number of rotatable bonds is 4. The number of benzene rings is 1. The molecule has 0 atom stereocenters. The molecule has 1 heterocycles. The van der Waals surface area contributed by atoms with Gasteiger partial charge in [0.2, 0.25) is 5.82 Å². The first kappa shape index (κ1) is 13.3. The number of hydrogen-bond acceptors (Lipinski definition) is 3. The number of carbonyl (C=O) groups is 1. The average Bonchev–Trinajstić information content (AvgIpc) is 2.89. The fourth-order valence-electron chi connectivity index (χ4n) is 1.82. The third kappa shape index (κ3) is 3.02. The van der Waals surface area contributed by atoms with Crippen molar-refractivity contribution in [1.29, 1.82) is 0 Å². The van der Waals surface area contributed by atoms with Gasteiger partial charge in [-0.15, -0.1) is 0 Å². The summed E-state index contributed by atoms with van der Waals surface area (Å²) in [4.78, 5) is 18.5. The first-order valence-electron chi connectivity index (χ1n) is 6.44. The van der Waals surface area contributed by atoms with E-state index >= 15 is 0 Å². The summed E-state index contributed by atoms with van der Waals surface area (Å²) in [6, 6.07) is 8.23. The lowest BCUT2D eigenvalue weighted by Crippen LogP contribution is -2.06. The summed E-state index contributed by atoms with van der Waals surface area (Å²) >= 11 is 0. The zero-order valence-electron chi connectivity index (χ0n) is 11.4. The molecule has 19 heavy (non-hydrogen) atoms. The van der Waals surface area contributed by atoms with Crippen molar-refractivity contribution in [1.82, 2.24) is 9.97 Å². The van der Waals surface area contributed by atoms with Crippen molar-refractivity contribution in [2.24, 2.45) is 0 Å². The highest BCUT2D eigenvalue weighted by Crippen LogP contribution is 2.21. The van der Waals surface area contributed by atoms with Crippen LogP contribution >= 0.6 is 0 Å². The molecular weight excluding hydrogens is 240 g/mol. The van der Waals surface area contributed by atoms with Crippen LogP contribution in [-0.2, 0) is 4.74 Å². The summed E-state index contributed by atoms with van der Waals surface area (Å²) in [5.74, 6) is 0.322. The molecule has 0 radical (unpaired) electrons. The van der Waals surface area contributed by atoms with Crippen molar-refractivity contribution < 1.29 is 9.53 Å². The van der Waals surface area contributed by atoms with Gasteiger partial charge in [0.15, 0.2) is 0 Å². The fourth-order valence-corrected chi connectivity index (χ4v) is 1.82. The Morgan fingerprint density at radius 3 is 2.58 bits per heavy atom. The quantitative estimate of drug-likeness (QED) is 0.855. The van der Waals surface area contributed by atoms with E-state index in [4.69, 9.17) is 4.74 Å². The molecule has 0 aliphatic rings. The molecule has 0 aliphatic heterocycles. The molecule has 0 bridgehead atoms. The van der Waals surface area contributed by atoms with Gasteiger partial charge in [-0.2, -0.15) is 0 Å². The molecule has 4 nitrogen and oxygen atoms in total. The molecule has 1 N–H and O–H groups in total. The van der Waals surface area contributed by atoms with Crippen LogP contribution in [0.2, 0.25) is 0 Å². The zero-order chi connectivity index (χ0) is 13.8. The Labute approximate surface area is 112 Å². The molecule has 0 unspecified atom stereocenters. The van der Waals surface area contributed by atoms with Crippen molar-refractivity contribution >= 4 is 5.97 Å². The predicted octanol–water partition coefficient (Wildman–Crippen LogP) is 3.38. The van der Waals surface area contributed by atoms with Gasteiger partial charge in [-0.05, 0) is 24.0 Å². The third-order valence-corrected chi connectivity index (χ3v) is 2.93. The molecule has 0 amide bonds. The van der Waals surface area contributed by atoms with E-state index < -0.39 is 5.97 Å². The van der Waals surface area contributed by atoms with Gasteiger partial charge < -0.3 is 9.72 Å². The topological polar surface area (TPSA) is 55.0 Å². The molecule has 0 saturated carbocycles. The van der Waals surface area contributed by atoms with E-state index in [9.17, 15) is 4.79 Å². The van der Waals surface area contributed by atoms with Crippen LogP contribution in [-0.4, -0.2) is 22.5 Å². The lowest BCUT2D eigenvalue weighted by Gasteiger charge is -2.05. The number of nitrogens with one attached hydrogen (secondary N) is 1. The molecule has 0 saturated heterocycles. The first-order valence-corrected chi connectivity index (χ1v) is 6.44. The molecular formula is C15H18N2O2. The third-order valence-electron chi connectivity index (χ3n) is 2.93. The standard InChI is InChI=1S/C15H18N2O2/c1-4-19-15(18)14-16-9-13(17-14)12-7-5-11(6-8-12)10(2)3/h5-10H,4H2,1-3H3,(H,16,17). The Balaban J connectivity index is 2.20. The Morgan fingerprint density at radius 1 is 1.32 bits per heavy atom. The summed E-state index contributed by atoms with van der Waals surface area (Å²) in [6.07, 6.45) is 1.65. The number of ether oxygens (including phenoxy) is 1. The van der Waals surface area contributed by atoms with Crippen molar-refractivity contribution in [3.8, 4) is 11.3 Å². The van der Waals surface area contributed by atoms with Gasteiger partial charge in [0.25, 0.3) is 0 Å². The predicted molar refractivity (Wildman–Crippen MR) is 74.1 cm³/mol. The SMILES string of the molecule is CCOC(=O)c1ncc(-c2ccc(C(C)C)cc2)[nH]1. The number of carbonyl (C=O) groups excluding carboxylic acids is 1. The lowest BCUT2D eigenvalue weighted by molar-refractivity contribution is 0.0513. The highest BCUT2D eigenvalue weighted by Gasteiger charge is 2.11. The molecule has 2 aromatic rings. The second-order valence-corrected chi connectivity index (χ2v) is 4.64. The Morgan fingerprint density at radius 2 is 2.00 bits per heavy atom. The smallest absolute Gasteiger partial charge is 0.374 e. The normalized spacial score (nSPS) is 10.7. The average molecular weight is 258 g/mol. The highest BCUT2D eigenvalue weighted by molar-refractivity contribution is 5.86. The Hall–Kier alpha value is -2.10. The van der Waals surface area contributed by atoms with Crippen molar-refractivity contribution in [3.63, 3.8) is 0 Å². The lowest BCUT2D eigenvalue weighted by atomic mass is 10.0. The molecule has 0 fully saturated rings. The number of imidazole rings is 1. The first-order chi connectivity index (χ1) is 9.11. The van der Waals surface area contributed by atoms with Gasteiger partial charge in [0, 0.05) is 0 Å². The van der Waals surface area contributed by atoms with Gasteiger partial charge in [0.1, 0.15) is 0 Å². The van der Waals surface area contributed by atoms with Crippen molar-refractivity contribution in [2.75, 3.05) is 6.61 Å². The van der Waals surface area contributed by atoms with Crippen LogP contribution < -0.4 is 0 Å². The van der Waals surface area contributed by atoms with E-state index in [-0.39, 0.29) is 5.82 Å². The molecule has 100 valence electrons. The Kier molecular flexibility index (Phi) is 4.00. The molecule has 1 aromatic carbocycles. The van der Waals surface area contributed by atoms with Crippen LogP contribution in [0, 0.1) is 0 Å². The highest BCUT2D eigenvalue weighted by atomic mass is 16.5. The number of hydrogen-bond donors (Lipinski definition) is 1. The molecule has 2 rings (SSSR count). The monoisotopic (exact) mass is 258 g/mol. The summed E-state index contributed by atoms with van der Waals surface area (Å²) in [7, 11) is 0. The summed E-state index contributed by atoms with van der Waals surface area (Å²) < 4.78 is 4.90. The van der Waals surface area contributed by atoms with Crippen LogP contribution in [0.15, 0.2) is 30.5 Å². The second kappa shape index (κ2) is 5.69. The van der Waals surface area contributed by atoms with Crippen LogP contribution in [0.4, 0.5) is 0 Å². The maximum absolute atomic E-state index is 11.5. The summed E-state index contributed by atoms with van der Waals surface area (Å²) in [6.45, 7) is 6.43. The summed E-state index contributed by atoms with van der Waals surface area (Å²) in [5, 5.41) is 0. The molecule has 0 aliphatic carbocycles. The van der Waals surface area contributed by atoms with Crippen molar-refractivity contribution in [2.45, 2.75) is 26.7 Å². The van der Waals surface area contributed by atoms with E-state index in [1.807, 2.05) is 12.1 Å². The largest absolute Gasteiger partial charge is 0.460 e. The van der Waals surface area contributed by atoms with E-state index in [0.29, 0.717) is 12.5 Å². The van der Waals surface area contributed by atoms with Gasteiger partial charge >= 0.3 is 5.97 Å². The minimum atomic E-state index is -0.424. The number of H-pyrrole nitrogens is 1. The fraction of sp³-hybridized carbons (Fsp3) is 0.333. The molecule has 1 aromatic heterocycles. The van der Waals surface area contributed by atoms with Gasteiger partial charge in [-0.1, -0.05) is 38.1 Å². The maximum atomic E-state index is 11.5. The van der Waals surface area contributed by atoms with Crippen LogP contribution in [0.1, 0.15) is 42.9 Å². The number of esters is 1. The van der Waals surface area contributed by atoms with E-state index in [1.165, 1.54) is 5.56 Å². The van der Waals surface area contributed by atoms with Gasteiger partial charge in [-0.3, -0.25) is 0 Å². The molecule has 4 heteroatoms. The minimum absolute atomic E-state index is 0.241. The van der Waals surface area contributed by atoms with E-state index in [2.05, 4.69) is 35.9 Å². The summed E-state index contributed by atoms with van der Waals surface area (Å²) in [5.41, 5.74) is 3.11. The number of aromatic amines is 1. The van der Waals surface area contributed by atoms with Crippen molar-refractivity contribution in [3.05, 3.63) is 41.9 Å². The van der Waals surface area contributed by atoms with E-state index in [1.54, 1.807) is 13.1 Å². The van der Waals surface area contributed by atoms with Crippen LogP contribution in [0.3, 0.4) is 0 Å². The number of aromatic nitrogens is 2. The minimum Gasteiger partial charge on any atom is -0.460 e. The van der Waals surface area contributed by atoms with Crippen LogP contribution in [0.25, 0.3) is 11.3 Å². The molecule has 0 spiro atoms. The second-order valence-electron chi connectivity index (χ2n) is 4.64. The van der Waals surface area contributed by atoms with Gasteiger partial charge in [-0.25, -0.2) is 9.78 Å². The maximum Gasteiger partial charge on any atom is 0.374 e. The number of nitrogens with zero attached hydrogens (tertiary/aromatic N) is 1. The zero-order valence-corrected chi connectivity index (χ0v) is 11.4. The Bertz CT molecular complexity index is 556. The van der Waals surface area contributed by atoms with Crippen LogP contribution in [0.5, 0.6) is 0 Å². The van der Waals surface area contributed by atoms with Gasteiger partial charge in [0.05, 0.1) is 18.5 Å². The van der Waals surface area contributed by atoms with E-state index in [0.717, 1.165) is 11.3 Å².